The van der Waals surface area contributed by atoms with E-state index in [1.807, 2.05) is 19.0 Å². The number of hydrogen-bond acceptors (Lipinski definition) is 6. The van der Waals surface area contributed by atoms with E-state index in [2.05, 4.69) is 20.3 Å². The van der Waals surface area contributed by atoms with Crippen LogP contribution in [0.25, 0.3) is 0 Å². The van der Waals surface area contributed by atoms with Crippen molar-refractivity contribution in [2.24, 2.45) is 0 Å². The van der Waals surface area contributed by atoms with Gasteiger partial charge in [-0.05, 0) is 33.1 Å². The van der Waals surface area contributed by atoms with Crippen molar-refractivity contribution in [1.82, 2.24) is 10.2 Å². The van der Waals surface area contributed by atoms with E-state index in [0.29, 0.717) is 13.0 Å². The Balaban J connectivity index is 3.73. The van der Waals surface area contributed by atoms with Crippen molar-refractivity contribution in [3.05, 3.63) is 12.7 Å². The third-order valence-electron chi connectivity index (χ3n) is 1.61. The molecule has 0 aromatic rings. The van der Waals surface area contributed by atoms with E-state index in [1.165, 1.54) is 0 Å². The lowest BCUT2D eigenvalue weighted by Crippen LogP contribution is -2.27. The zero-order valence-corrected chi connectivity index (χ0v) is 10.8. The fourth-order valence-electron chi connectivity index (χ4n) is 0.821. The van der Waals surface area contributed by atoms with Gasteiger partial charge in [0.1, 0.15) is 6.73 Å². The Morgan fingerprint density at radius 3 is 2.59 bits per heavy atom. The summed E-state index contributed by atoms with van der Waals surface area (Å²) in [6.45, 7) is 3.48. The zero-order valence-electron chi connectivity index (χ0n) is 10.0. The van der Waals surface area contributed by atoms with Crippen molar-refractivity contribution in [3.8, 4) is 0 Å². The third-order valence-corrected chi connectivity index (χ3v) is 2.47. The highest BCUT2D eigenvalue weighted by atomic mass is 32.3. The number of nitrogens with zero attached hydrogens (tertiary/aromatic N) is 1. The Morgan fingerprint density at radius 1 is 1.41 bits per heavy atom. The molecular weight excluding hydrogens is 248 g/mol. The lowest BCUT2D eigenvalue weighted by atomic mass is 10.4. The van der Waals surface area contributed by atoms with Crippen molar-refractivity contribution in [1.29, 1.82) is 0 Å². The average molecular weight is 266 g/mol. The van der Waals surface area contributed by atoms with Crippen LogP contribution in [0.1, 0.15) is 6.42 Å². The fraction of sp³-hybridized carbons (Fsp3) is 0.667. The van der Waals surface area contributed by atoms with Crippen molar-refractivity contribution >= 4 is 16.3 Å². The molecule has 0 aliphatic heterocycles. The van der Waals surface area contributed by atoms with Crippen LogP contribution in [-0.4, -0.2) is 53.2 Å². The van der Waals surface area contributed by atoms with Crippen LogP contribution in [0.5, 0.6) is 0 Å². The van der Waals surface area contributed by atoms with Gasteiger partial charge in [0.2, 0.25) is 5.91 Å². The highest BCUT2D eigenvalue weighted by Crippen LogP contribution is 1.96. The van der Waals surface area contributed by atoms with E-state index in [0.717, 1.165) is 6.08 Å². The van der Waals surface area contributed by atoms with E-state index in [9.17, 15) is 13.2 Å². The summed E-state index contributed by atoms with van der Waals surface area (Å²) >= 11 is 0. The predicted octanol–water partition coefficient (Wildman–Crippen LogP) is -0.524. The van der Waals surface area contributed by atoms with Gasteiger partial charge in [-0.3, -0.25) is 4.79 Å². The van der Waals surface area contributed by atoms with Crippen LogP contribution in [0.15, 0.2) is 12.7 Å². The summed E-state index contributed by atoms with van der Waals surface area (Å²) in [5.41, 5.74) is 0. The Kier molecular flexibility index (Phi) is 7.72. The highest BCUT2D eigenvalue weighted by molar-refractivity contribution is 7.81. The second-order valence-electron chi connectivity index (χ2n) is 3.39. The molecule has 100 valence electrons. The Bertz CT molecular complexity index is 339. The van der Waals surface area contributed by atoms with E-state index in [-0.39, 0.29) is 6.61 Å². The summed E-state index contributed by atoms with van der Waals surface area (Å²) in [5, 5.41) is 2.15. The number of nitrogens with one attached hydrogen (secondary N) is 1. The van der Waals surface area contributed by atoms with Gasteiger partial charge in [-0.2, -0.15) is 8.42 Å². The Hall–Kier alpha value is -0.960. The Labute approximate surface area is 102 Å². The quantitative estimate of drug-likeness (QED) is 0.343. The predicted molar refractivity (Wildman–Crippen MR) is 62.3 cm³/mol. The van der Waals surface area contributed by atoms with E-state index in [1.54, 1.807) is 0 Å². The number of amides is 1. The molecule has 0 aliphatic rings. The number of hydrogen-bond donors (Lipinski definition) is 1. The molecule has 8 heteroatoms. The smallest absolute Gasteiger partial charge is 0.328 e. The first-order valence-corrected chi connectivity index (χ1v) is 6.29. The summed E-state index contributed by atoms with van der Waals surface area (Å²) in [6, 6.07) is 0. The first-order chi connectivity index (χ1) is 7.87. The van der Waals surface area contributed by atoms with Crippen LogP contribution < -0.4 is 5.32 Å². The normalized spacial score (nSPS) is 11.5. The molecule has 0 bridgehead atoms. The molecular formula is C9H18N2O5S. The zero-order chi connectivity index (χ0) is 13.3. The molecule has 0 radical (unpaired) electrons. The molecule has 7 nitrogen and oxygen atoms in total. The molecule has 0 aromatic carbocycles. The van der Waals surface area contributed by atoms with Gasteiger partial charge in [-0.1, -0.05) is 6.58 Å². The molecule has 17 heavy (non-hydrogen) atoms. The van der Waals surface area contributed by atoms with Gasteiger partial charge in [-0.25, -0.2) is 8.37 Å². The maximum Gasteiger partial charge on any atom is 0.401 e. The molecule has 0 aliphatic carbocycles. The van der Waals surface area contributed by atoms with Gasteiger partial charge >= 0.3 is 10.4 Å². The van der Waals surface area contributed by atoms with Crippen LogP contribution in [-0.2, 0) is 23.6 Å². The SMILES string of the molecule is C=CC(=O)NCOS(=O)(=O)OCCCN(C)C. The van der Waals surface area contributed by atoms with E-state index in [4.69, 9.17) is 0 Å². The minimum absolute atomic E-state index is 0.0376. The second-order valence-corrected chi connectivity index (χ2v) is 4.68. The minimum Gasteiger partial charge on any atom is -0.328 e. The molecule has 1 N–H and O–H groups in total. The van der Waals surface area contributed by atoms with Gasteiger partial charge < -0.3 is 10.2 Å². The molecule has 0 heterocycles. The first kappa shape index (κ1) is 16.0. The topological polar surface area (TPSA) is 84.9 Å². The maximum absolute atomic E-state index is 11.1. The molecule has 0 fully saturated rings. The molecule has 0 rings (SSSR count). The largest absolute Gasteiger partial charge is 0.401 e. The monoisotopic (exact) mass is 266 g/mol. The molecule has 0 unspecified atom stereocenters. The summed E-state index contributed by atoms with van der Waals surface area (Å²) in [7, 11) is -0.309. The van der Waals surface area contributed by atoms with Crippen LogP contribution in [0.2, 0.25) is 0 Å². The van der Waals surface area contributed by atoms with Gasteiger partial charge in [0.25, 0.3) is 0 Å². The molecule has 0 aromatic heterocycles. The lowest BCUT2D eigenvalue weighted by molar-refractivity contribution is -0.117. The average Bonchev–Trinajstić information content (AvgIpc) is 2.23. The summed E-state index contributed by atoms with van der Waals surface area (Å²) in [6.07, 6.45) is 1.57. The number of carbonyl (C=O) groups excluding carboxylic acids is 1. The first-order valence-electron chi connectivity index (χ1n) is 4.96. The van der Waals surface area contributed by atoms with Crippen molar-refractivity contribution in [2.45, 2.75) is 6.42 Å². The van der Waals surface area contributed by atoms with Crippen LogP contribution in [0.4, 0.5) is 0 Å². The summed E-state index contributed by atoms with van der Waals surface area (Å²) < 4.78 is 31.1. The minimum atomic E-state index is -4.05. The third kappa shape index (κ3) is 9.94. The van der Waals surface area contributed by atoms with Crippen LogP contribution >= 0.6 is 0 Å². The van der Waals surface area contributed by atoms with E-state index >= 15 is 0 Å². The van der Waals surface area contributed by atoms with E-state index < -0.39 is 23.0 Å². The summed E-state index contributed by atoms with van der Waals surface area (Å²) in [4.78, 5) is 12.6. The summed E-state index contributed by atoms with van der Waals surface area (Å²) in [5.74, 6) is -0.521. The van der Waals surface area contributed by atoms with Crippen LogP contribution in [0.3, 0.4) is 0 Å². The molecule has 1 amide bonds. The van der Waals surface area contributed by atoms with Gasteiger partial charge in [0, 0.05) is 0 Å². The molecule has 0 saturated heterocycles. The Morgan fingerprint density at radius 2 is 2.06 bits per heavy atom. The van der Waals surface area contributed by atoms with Crippen LogP contribution in [0, 0.1) is 0 Å². The van der Waals surface area contributed by atoms with Crippen molar-refractivity contribution < 1.29 is 21.6 Å². The second kappa shape index (κ2) is 8.18. The number of carbonyl (C=O) groups is 1. The molecule has 0 spiro atoms. The lowest BCUT2D eigenvalue weighted by Gasteiger charge is -2.09. The van der Waals surface area contributed by atoms with Gasteiger partial charge in [-0.15, -0.1) is 0 Å². The van der Waals surface area contributed by atoms with Crippen molar-refractivity contribution in [2.75, 3.05) is 34.0 Å². The molecule has 0 saturated carbocycles. The van der Waals surface area contributed by atoms with Gasteiger partial charge in [0.05, 0.1) is 6.61 Å². The number of rotatable bonds is 9. The maximum atomic E-state index is 11.1. The highest BCUT2D eigenvalue weighted by Gasteiger charge is 2.11. The fourth-order valence-corrected chi connectivity index (χ4v) is 1.41. The molecule has 0 atom stereocenters. The van der Waals surface area contributed by atoms with Gasteiger partial charge in [0.15, 0.2) is 0 Å². The standard InChI is InChI=1S/C9H18N2O5S/c1-4-9(12)10-8-16-17(13,14)15-7-5-6-11(2)3/h4H,1,5-8H2,2-3H3,(H,10,12). The van der Waals surface area contributed by atoms with Crippen molar-refractivity contribution in [3.63, 3.8) is 0 Å².